The van der Waals surface area contributed by atoms with Crippen LogP contribution in [0.25, 0.3) is 11.5 Å². The van der Waals surface area contributed by atoms with E-state index in [1.807, 2.05) is 30.3 Å². The minimum absolute atomic E-state index is 0.0206. The third-order valence-electron chi connectivity index (χ3n) is 3.06. The monoisotopic (exact) mass is 347 g/mol. The van der Waals surface area contributed by atoms with Crippen molar-refractivity contribution in [2.24, 2.45) is 0 Å². The molecule has 8 heteroatoms. The first-order chi connectivity index (χ1) is 11.1. The van der Waals surface area contributed by atoms with Crippen LogP contribution in [0.1, 0.15) is 5.56 Å². The van der Waals surface area contributed by atoms with Crippen LogP contribution in [0.3, 0.4) is 0 Å². The molecule has 0 aliphatic rings. The topological polar surface area (TPSA) is 82.1 Å². The molecule has 0 amide bonds. The van der Waals surface area contributed by atoms with Crippen molar-refractivity contribution in [2.45, 2.75) is 11.0 Å². The summed E-state index contributed by atoms with van der Waals surface area (Å²) in [5.74, 6) is 0.675. The standard InChI is InChI=1S/C15H10ClN3O3S/c16-12-7-4-8-13(19(20)21)11(12)9-23-15-18-17-14(22-15)10-5-2-1-3-6-10/h1-8H,9H2. The van der Waals surface area contributed by atoms with E-state index in [0.717, 1.165) is 5.56 Å². The van der Waals surface area contributed by atoms with Gasteiger partial charge >= 0.3 is 0 Å². The van der Waals surface area contributed by atoms with Gasteiger partial charge in [-0.15, -0.1) is 10.2 Å². The number of nitrogens with zero attached hydrogens (tertiary/aromatic N) is 3. The molecule has 0 saturated carbocycles. The summed E-state index contributed by atoms with van der Waals surface area (Å²) < 4.78 is 5.56. The highest BCUT2D eigenvalue weighted by atomic mass is 35.5. The van der Waals surface area contributed by atoms with Crippen molar-refractivity contribution < 1.29 is 9.34 Å². The molecule has 6 nitrogen and oxygen atoms in total. The van der Waals surface area contributed by atoms with Crippen LogP contribution in [-0.4, -0.2) is 15.1 Å². The summed E-state index contributed by atoms with van der Waals surface area (Å²) in [6.07, 6.45) is 0. The number of aromatic nitrogens is 2. The van der Waals surface area contributed by atoms with Crippen molar-refractivity contribution in [2.75, 3.05) is 0 Å². The predicted molar refractivity (Wildman–Crippen MR) is 87.4 cm³/mol. The van der Waals surface area contributed by atoms with Gasteiger partial charge in [-0.3, -0.25) is 10.1 Å². The first-order valence-corrected chi connectivity index (χ1v) is 7.95. The van der Waals surface area contributed by atoms with E-state index in [0.29, 0.717) is 21.7 Å². The van der Waals surface area contributed by atoms with Crippen molar-refractivity contribution in [3.05, 3.63) is 69.2 Å². The van der Waals surface area contributed by atoms with Crippen molar-refractivity contribution in [3.63, 3.8) is 0 Å². The van der Waals surface area contributed by atoms with E-state index in [2.05, 4.69) is 10.2 Å². The number of hydrogen-bond acceptors (Lipinski definition) is 6. The lowest BCUT2D eigenvalue weighted by Gasteiger charge is -2.03. The van der Waals surface area contributed by atoms with E-state index in [4.69, 9.17) is 16.0 Å². The average molecular weight is 348 g/mol. The van der Waals surface area contributed by atoms with Gasteiger partial charge in [-0.1, -0.05) is 47.6 Å². The number of benzene rings is 2. The molecule has 0 aliphatic carbocycles. The van der Waals surface area contributed by atoms with Crippen molar-refractivity contribution >= 4 is 29.1 Å². The third-order valence-corrected chi connectivity index (χ3v) is 4.26. The number of hydrogen-bond donors (Lipinski definition) is 0. The maximum atomic E-state index is 11.1. The van der Waals surface area contributed by atoms with E-state index in [1.165, 1.54) is 17.8 Å². The molecule has 0 fully saturated rings. The lowest BCUT2D eigenvalue weighted by atomic mass is 10.2. The van der Waals surface area contributed by atoms with Gasteiger partial charge in [-0.05, 0) is 18.2 Å². The van der Waals surface area contributed by atoms with Crippen LogP contribution in [0.2, 0.25) is 5.02 Å². The van der Waals surface area contributed by atoms with E-state index in [9.17, 15) is 10.1 Å². The zero-order chi connectivity index (χ0) is 16.2. The lowest BCUT2D eigenvalue weighted by molar-refractivity contribution is -0.385. The molecule has 2 aromatic carbocycles. The van der Waals surface area contributed by atoms with E-state index in [-0.39, 0.29) is 11.4 Å². The van der Waals surface area contributed by atoms with Crippen molar-refractivity contribution in [1.29, 1.82) is 0 Å². The van der Waals surface area contributed by atoms with Gasteiger partial charge in [-0.25, -0.2) is 0 Å². The Morgan fingerprint density at radius 1 is 1.13 bits per heavy atom. The zero-order valence-corrected chi connectivity index (χ0v) is 13.3. The Kier molecular flexibility index (Phi) is 4.59. The summed E-state index contributed by atoms with van der Waals surface area (Å²) >= 11 is 7.26. The first kappa shape index (κ1) is 15.5. The predicted octanol–water partition coefficient (Wildman–Crippen LogP) is 4.59. The Morgan fingerprint density at radius 3 is 2.65 bits per heavy atom. The van der Waals surface area contributed by atoms with Gasteiger partial charge in [0.25, 0.3) is 10.9 Å². The fourth-order valence-electron chi connectivity index (χ4n) is 1.96. The average Bonchev–Trinajstić information content (AvgIpc) is 3.03. The second kappa shape index (κ2) is 6.80. The van der Waals surface area contributed by atoms with Crippen LogP contribution in [0.15, 0.2) is 58.2 Å². The van der Waals surface area contributed by atoms with Crippen LogP contribution in [-0.2, 0) is 5.75 Å². The molecule has 3 aromatic rings. The molecule has 1 aromatic heterocycles. The third kappa shape index (κ3) is 3.52. The fourth-order valence-corrected chi connectivity index (χ4v) is 3.08. The molecular formula is C15H10ClN3O3S. The summed E-state index contributed by atoms with van der Waals surface area (Å²) in [5, 5.41) is 19.7. The second-order valence-corrected chi connectivity index (χ2v) is 5.86. The second-order valence-electron chi connectivity index (χ2n) is 4.52. The number of thioether (sulfide) groups is 1. The van der Waals surface area contributed by atoms with Crippen LogP contribution in [0.5, 0.6) is 0 Å². The normalized spacial score (nSPS) is 10.7. The molecule has 0 unspecified atom stereocenters. The Balaban J connectivity index is 1.78. The smallest absolute Gasteiger partial charge is 0.277 e. The Bertz CT molecular complexity index is 839. The molecule has 0 bridgehead atoms. The van der Waals surface area contributed by atoms with Gasteiger partial charge in [0.2, 0.25) is 5.89 Å². The van der Waals surface area contributed by atoms with Gasteiger partial charge in [0, 0.05) is 17.4 Å². The maximum Gasteiger partial charge on any atom is 0.277 e. The molecule has 0 N–H and O–H groups in total. The summed E-state index contributed by atoms with van der Waals surface area (Å²) in [6.45, 7) is 0. The summed E-state index contributed by atoms with van der Waals surface area (Å²) in [6, 6.07) is 14.0. The molecule has 1 heterocycles. The lowest BCUT2D eigenvalue weighted by Crippen LogP contribution is -1.95. The van der Waals surface area contributed by atoms with Gasteiger partial charge in [0.1, 0.15) is 0 Å². The summed E-state index contributed by atoms with van der Waals surface area (Å²) in [4.78, 5) is 10.6. The Morgan fingerprint density at radius 2 is 1.91 bits per heavy atom. The van der Waals surface area contributed by atoms with Gasteiger partial charge in [0.05, 0.1) is 15.5 Å². The highest BCUT2D eigenvalue weighted by molar-refractivity contribution is 7.98. The summed E-state index contributed by atoms with van der Waals surface area (Å²) in [5.41, 5.74) is 1.23. The van der Waals surface area contributed by atoms with Crippen molar-refractivity contribution in [3.8, 4) is 11.5 Å². The van der Waals surface area contributed by atoms with Crippen molar-refractivity contribution in [1.82, 2.24) is 10.2 Å². The molecule has 0 radical (unpaired) electrons. The molecule has 0 atom stereocenters. The Hall–Kier alpha value is -2.38. The van der Waals surface area contributed by atoms with Crippen LogP contribution in [0, 0.1) is 10.1 Å². The largest absolute Gasteiger partial charge is 0.411 e. The molecule has 0 saturated heterocycles. The first-order valence-electron chi connectivity index (χ1n) is 6.58. The van der Waals surface area contributed by atoms with Crippen LogP contribution >= 0.6 is 23.4 Å². The highest BCUT2D eigenvalue weighted by Gasteiger charge is 2.18. The Labute approximate surface area is 140 Å². The quantitative estimate of drug-likeness (QED) is 0.381. The van der Waals surface area contributed by atoms with Crippen LogP contribution < -0.4 is 0 Å². The van der Waals surface area contributed by atoms with Gasteiger partial charge in [0.15, 0.2) is 0 Å². The molecular weight excluding hydrogens is 338 g/mol. The van der Waals surface area contributed by atoms with Crippen LogP contribution in [0.4, 0.5) is 5.69 Å². The number of nitro benzene ring substituents is 1. The molecule has 116 valence electrons. The summed E-state index contributed by atoms with van der Waals surface area (Å²) in [7, 11) is 0. The molecule has 0 spiro atoms. The van der Waals surface area contributed by atoms with Gasteiger partial charge in [-0.2, -0.15) is 0 Å². The highest BCUT2D eigenvalue weighted by Crippen LogP contribution is 2.33. The van der Waals surface area contributed by atoms with E-state index in [1.54, 1.807) is 12.1 Å². The molecule has 23 heavy (non-hydrogen) atoms. The van der Waals surface area contributed by atoms with Gasteiger partial charge < -0.3 is 4.42 Å². The minimum atomic E-state index is -0.453. The number of nitro groups is 1. The SMILES string of the molecule is O=[N+]([O-])c1cccc(Cl)c1CSc1nnc(-c2ccccc2)o1. The molecule has 3 rings (SSSR count). The number of halogens is 1. The van der Waals surface area contributed by atoms with E-state index < -0.39 is 4.92 Å². The molecule has 0 aliphatic heterocycles. The van der Waals surface area contributed by atoms with E-state index >= 15 is 0 Å². The zero-order valence-electron chi connectivity index (χ0n) is 11.7. The number of rotatable bonds is 5. The minimum Gasteiger partial charge on any atom is -0.411 e. The maximum absolute atomic E-state index is 11.1. The fraction of sp³-hybridized carbons (Fsp3) is 0.0667.